The molecule has 0 radical (unpaired) electrons. The Labute approximate surface area is 226 Å². The molecule has 3 aromatic rings. The van der Waals surface area contributed by atoms with Crippen LogP contribution in [0, 0.1) is 0 Å². The Balaban J connectivity index is 1.32. The third-order valence-corrected chi connectivity index (χ3v) is 7.85. The molecule has 1 fully saturated rings. The molecule has 0 bridgehead atoms. The monoisotopic (exact) mass is 535 g/mol. The Morgan fingerprint density at radius 2 is 1.47 bits per heavy atom. The van der Waals surface area contributed by atoms with Gasteiger partial charge in [-0.25, -0.2) is 8.42 Å². The quantitative estimate of drug-likeness (QED) is 0.375. The fraction of sp³-hybridized carbons (Fsp3) is 0.367. The van der Waals surface area contributed by atoms with Gasteiger partial charge in [0, 0.05) is 18.7 Å². The van der Waals surface area contributed by atoms with Crippen molar-refractivity contribution in [3.05, 3.63) is 95.1 Å². The molecule has 0 aromatic heterocycles. The lowest BCUT2D eigenvalue weighted by Crippen LogP contribution is -2.29. The molecule has 1 amide bonds. The smallest absolute Gasteiger partial charge is 0.251 e. The van der Waals surface area contributed by atoms with Crippen molar-refractivity contribution in [2.75, 3.05) is 30.3 Å². The van der Waals surface area contributed by atoms with Gasteiger partial charge in [-0.1, -0.05) is 42.8 Å². The highest BCUT2D eigenvalue weighted by molar-refractivity contribution is 7.92. The van der Waals surface area contributed by atoms with Crippen LogP contribution in [0.2, 0.25) is 0 Å². The van der Waals surface area contributed by atoms with E-state index in [1.165, 1.54) is 48.5 Å². The van der Waals surface area contributed by atoms with Gasteiger partial charge in [0.15, 0.2) is 0 Å². The number of carbonyl (C=O) groups excluding carboxylic acids is 1. The van der Waals surface area contributed by atoms with Crippen LogP contribution in [0.25, 0.3) is 0 Å². The molecule has 3 aromatic carbocycles. The van der Waals surface area contributed by atoms with Gasteiger partial charge in [-0.15, -0.1) is 0 Å². The van der Waals surface area contributed by atoms with Crippen molar-refractivity contribution in [3.63, 3.8) is 0 Å². The number of amides is 1. The van der Waals surface area contributed by atoms with E-state index in [4.69, 9.17) is 4.74 Å². The summed E-state index contributed by atoms with van der Waals surface area (Å²) in [5.41, 5.74) is 4.22. The fourth-order valence-corrected chi connectivity index (χ4v) is 5.51. The van der Waals surface area contributed by atoms with E-state index in [1.807, 2.05) is 6.92 Å². The number of nitrogens with zero attached hydrogens (tertiary/aromatic N) is 2. The van der Waals surface area contributed by atoms with Crippen LogP contribution in [0.4, 0.5) is 5.69 Å². The molecule has 0 spiro atoms. The number of anilines is 1. The van der Waals surface area contributed by atoms with E-state index in [9.17, 15) is 13.2 Å². The largest absolute Gasteiger partial charge is 0.494 e. The molecule has 202 valence electrons. The lowest BCUT2D eigenvalue weighted by atomic mass is 10.1. The van der Waals surface area contributed by atoms with Gasteiger partial charge in [-0.05, 0) is 85.9 Å². The van der Waals surface area contributed by atoms with Gasteiger partial charge < -0.3 is 10.1 Å². The molecule has 1 aliphatic rings. The van der Waals surface area contributed by atoms with Gasteiger partial charge in [-0.2, -0.15) is 0 Å². The second-order valence-electron chi connectivity index (χ2n) is 9.73. The van der Waals surface area contributed by atoms with Crippen LogP contribution < -0.4 is 14.4 Å². The van der Waals surface area contributed by atoms with Crippen LogP contribution in [0.3, 0.4) is 0 Å². The van der Waals surface area contributed by atoms with Gasteiger partial charge in [0.1, 0.15) is 5.75 Å². The van der Waals surface area contributed by atoms with E-state index in [1.54, 1.807) is 48.5 Å². The van der Waals surface area contributed by atoms with Gasteiger partial charge >= 0.3 is 0 Å². The first-order valence-corrected chi connectivity index (χ1v) is 15.0. The van der Waals surface area contributed by atoms with Crippen molar-refractivity contribution < 1.29 is 17.9 Å². The van der Waals surface area contributed by atoms with Crippen molar-refractivity contribution in [1.29, 1.82) is 0 Å². The summed E-state index contributed by atoms with van der Waals surface area (Å²) in [6.07, 6.45) is 5.08. The summed E-state index contributed by atoms with van der Waals surface area (Å²) in [7, 11) is -3.51. The van der Waals surface area contributed by atoms with Gasteiger partial charge in [0.25, 0.3) is 5.91 Å². The summed E-state index contributed by atoms with van der Waals surface area (Å²) in [6.45, 7) is 6.38. The van der Waals surface area contributed by atoms with E-state index in [2.05, 4.69) is 34.5 Å². The number of ether oxygens (including phenoxy) is 1. The van der Waals surface area contributed by atoms with Crippen LogP contribution >= 0.6 is 0 Å². The van der Waals surface area contributed by atoms with Crippen LogP contribution in [-0.2, 0) is 29.7 Å². The first-order valence-electron chi connectivity index (χ1n) is 13.2. The predicted molar refractivity (Wildman–Crippen MR) is 152 cm³/mol. The highest BCUT2D eigenvalue weighted by Gasteiger charge is 2.18. The number of carbonyl (C=O) groups is 1. The molecule has 8 heteroatoms. The standard InChI is InChI=1S/C30H37N3O4S/c1-3-37-29-17-15-28(16-18-29)33(38(2,35)36)23-26-11-13-27(14-12-26)30(34)31-21-24-7-9-25(10-8-24)22-32-19-5-4-6-20-32/h7-18H,3-6,19-23H2,1-2H3,(H,31,34). The van der Waals surface area contributed by atoms with Crippen molar-refractivity contribution >= 4 is 21.6 Å². The van der Waals surface area contributed by atoms with E-state index in [0.29, 0.717) is 30.2 Å². The zero-order valence-electron chi connectivity index (χ0n) is 22.2. The number of likely N-dealkylation sites (tertiary alicyclic amines) is 1. The number of nitrogens with one attached hydrogen (secondary N) is 1. The summed E-state index contributed by atoms with van der Waals surface area (Å²) < 4.78 is 31.8. The Morgan fingerprint density at radius 3 is 2.08 bits per heavy atom. The fourth-order valence-electron chi connectivity index (χ4n) is 4.63. The maximum Gasteiger partial charge on any atom is 0.251 e. The Hall–Kier alpha value is -3.36. The van der Waals surface area contributed by atoms with Crippen molar-refractivity contribution in [3.8, 4) is 5.75 Å². The lowest BCUT2D eigenvalue weighted by Gasteiger charge is -2.26. The average Bonchev–Trinajstić information content (AvgIpc) is 2.92. The molecule has 1 aliphatic heterocycles. The summed E-state index contributed by atoms with van der Waals surface area (Å²) in [5, 5.41) is 2.97. The van der Waals surface area contributed by atoms with Crippen molar-refractivity contribution in [1.82, 2.24) is 10.2 Å². The number of hydrogen-bond donors (Lipinski definition) is 1. The number of piperidine rings is 1. The second kappa shape index (κ2) is 12.9. The van der Waals surface area contributed by atoms with Crippen LogP contribution in [-0.4, -0.2) is 45.2 Å². The third kappa shape index (κ3) is 7.82. The number of hydrogen-bond acceptors (Lipinski definition) is 5. The number of rotatable bonds is 11. The predicted octanol–water partition coefficient (Wildman–Crippen LogP) is 4.97. The molecule has 1 heterocycles. The van der Waals surface area contributed by atoms with E-state index >= 15 is 0 Å². The molecule has 0 unspecified atom stereocenters. The molecule has 0 saturated carbocycles. The lowest BCUT2D eigenvalue weighted by molar-refractivity contribution is 0.0951. The van der Waals surface area contributed by atoms with E-state index in [0.717, 1.165) is 17.7 Å². The van der Waals surface area contributed by atoms with Crippen molar-refractivity contribution in [2.24, 2.45) is 0 Å². The van der Waals surface area contributed by atoms with Crippen LogP contribution in [0.1, 0.15) is 53.2 Å². The molecule has 4 rings (SSSR count). The molecule has 7 nitrogen and oxygen atoms in total. The van der Waals surface area contributed by atoms with Gasteiger partial charge in [0.05, 0.1) is 25.1 Å². The first kappa shape index (κ1) is 27.7. The van der Waals surface area contributed by atoms with Crippen LogP contribution in [0.5, 0.6) is 5.75 Å². The molecular formula is C30H37N3O4S. The molecule has 1 saturated heterocycles. The Morgan fingerprint density at radius 1 is 0.868 bits per heavy atom. The topological polar surface area (TPSA) is 79.0 Å². The summed E-state index contributed by atoms with van der Waals surface area (Å²) in [5.74, 6) is 0.522. The molecule has 0 aliphatic carbocycles. The molecular weight excluding hydrogens is 498 g/mol. The maximum absolute atomic E-state index is 12.7. The normalized spacial score (nSPS) is 14.2. The Kier molecular flexibility index (Phi) is 9.42. The number of benzene rings is 3. The maximum atomic E-state index is 12.7. The summed E-state index contributed by atoms with van der Waals surface area (Å²) >= 11 is 0. The second-order valence-corrected chi connectivity index (χ2v) is 11.6. The minimum atomic E-state index is -3.51. The SMILES string of the molecule is CCOc1ccc(N(Cc2ccc(C(=O)NCc3ccc(CN4CCCCC4)cc3)cc2)S(C)(=O)=O)cc1. The zero-order valence-corrected chi connectivity index (χ0v) is 23.0. The van der Waals surface area contributed by atoms with Crippen molar-refractivity contribution in [2.45, 2.75) is 45.8 Å². The summed E-state index contributed by atoms with van der Waals surface area (Å²) in [4.78, 5) is 15.2. The highest BCUT2D eigenvalue weighted by Crippen LogP contribution is 2.24. The van der Waals surface area contributed by atoms with Gasteiger partial charge in [0.2, 0.25) is 10.0 Å². The minimum Gasteiger partial charge on any atom is -0.494 e. The minimum absolute atomic E-state index is 0.165. The third-order valence-electron chi connectivity index (χ3n) is 6.71. The Bertz CT molecular complexity index is 1280. The van der Waals surface area contributed by atoms with Gasteiger partial charge in [-0.3, -0.25) is 14.0 Å². The highest BCUT2D eigenvalue weighted by atomic mass is 32.2. The molecule has 1 N–H and O–H groups in total. The molecule has 0 atom stereocenters. The van der Waals surface area contributed by atoms with E-state index < -0.39 is 10.0 Å². The molecule has 38 heavy (non-hydrogen) atoms. The number of sulfonamides is 1. The van der Waals surface area contributed by atoms with E-state index in [-0.39, 0.29) is 12.5 Å². The van der Waals surface area contributed by atoms with Crippen LogP contribution in [0.15, 0.2) is 72.8 Å². The average molecular weight is 536 g/mol. The zero-order chi connectivity index (χ0) is 27.0. The first-order chi connectivity index (χ1) is 18.3. The summed E-state index contributed by atoms with van der Waals surface area (Å²) in [6, 6.07) is 22.4.